The third kappa shape index (κ3) is 4.46. The van der Waals surface area contributed by atoms with Crippen LogP contribution in [0.1, 0.15) is 24.0 Å². The molecule has 0 N–H and O–H groups in total. The van der Waals surface area contributed by atoms with Crippen molar-refractivity contribution in [1.82, 2.24) is 9.88 Å². The van der Waals surface area contributed by atoms with Crippen molar-refractivity contribution < 1.29 is 9.47 Å². The fraction of sp³-hybridized carbons (Fsp3) is 0.348. The van der Waals surface area contributed by atoms with Gasteiger partial charge in [-0.25, -0.2) is 0 Å². The van der Waals surface area contributed by atoms with Gasteiger partial charge in [0.05, 0.1) is 18.7 Å². The second-order valence-corrected chi connectivity index (χ2v) is 7.15. The second kappa shape index (κ2) is 8.51. The summed E-state index contributed by atoms with van der Waals surface area (Å²) in [6.07, 6.45) is 4.47. The zero-order valence-corrected chi connectivity index (χ0v) is 15.8. The molecule has 3 aromatic rings. The Morgan fingerprint density at radius 1 is 1.11 bits per heavy atom. The topological polar surface area (TPSA) is 34.6 Å². The number of methoxy groups -OCH3 is 1. The maximum absolute atomic E-state index is 5.90. The fourth-order valence-electron chi connectivity index (χ4n) is 3.82. The maximum Gasteiger partial charge on any atom is 0.123 e. The SMILES string of the molecule is COc1ccccc1CN(Cc1ccc2ncccc2c1)C[C@H]1CCCO1. The average molecular weight is 362 g/mol. The summed E-state index contributed by atoms with van der Waals surface area (Å²) < 4.78 is 11.5. The summed E-state index contributed by atoms with van der Waals surface area (Å²) in [6, 6.07) is 18.9. The molecule has 1 aromatic heterocycles. The molecule has 1 atom stereocenters. The molecule has 0 amide bonds. The molecule has 0 unspecified atom stereocenters. The van der Waals surface area contributed by atoms with Gasteiger partial charge >= 0.3 is 0 Å². The molecule has 0 spiro atoms. The molecule has 4 nitrogen and oxygen atoms in total. The number of para-hydroxylation sites is 1. The molecule has 1 aliphatic rings. The summed E-state index contributed by atoms with van der Waals surface area (Å²) in [4.78, 5) is 6.89. The Morgan fingerprint density at radius 2 is 2.04 bits per heavy atom. The molecule has 0 radical (unpaired) electrons. The number of hydrogen-bond donors (Lipinski definition) is 0. The average Bonchev–Trinajstić information content (AvgIpc) is 3.21. The first kappa shape index (κ1) is 18.0. The number of fused-ring (bicyclic) bond motifs is 1. The van der Waals surface area contributed by atoms with Gasteiger partial charge in [-0.3, -0.25) is 9.88 Å². The van der Waals surface area contributed by atoms with Crippen LogP contribution in [0.3, 0.4) is 0 Å². The van der Waals surface area contributed by atoms with Gasteiger partial charge in [-0.15, -0.1) is 0 Å². The van der Waals surface area contributed by atoms with E-state index in [1.54, 1.807) is 7.11 Å². The van der Waals surface area contributed by atoms with E-state index in [4.69, 9.17) is 9.47 Å². The van der Waals surface area contributed by atoms with Crippen LogP contribution in [-0.2, 0) is 17.8 Å². The van der Waals surface area contributed by atoms with E-state index < -0.39 is 0 Å². The first-order valence-electron chi connectivity index (χ1n) is 9.61. The molecule has 27 heavy (non-hydrogen) atoms. The highest BCUT2D eigenvalue weighted by atomic mass is 16.5. The molecule has 1 aliphatic heterocycles. The van der Waals surface area contributed by atoms with E-state index in [1.807, 2.05) is 24.4 Å². The number of hydrogen-bond acceptors (Lipinski definition) is 4. The Bertz CT molecular complexity index is 890. The van der Waals surface area contributed by atoms with Crippen molar-refractivity contribution in [2.75, 3.05) is 20.3 Å². The molecule has 2 aromatic carbocycles. The fourth-order valence-corrected chi connectivity index (χ4v) is 3.82. The standard InChI is InChI=1S/C23H26N2O2/c1-26-23-9-3-2-6-20(23)16-25(17-21-8-5-13-27-21)15-18-10-11-22-19(14-18)7-4-12-24-22/h2-4,6-7,9-12,14,21H,5,8,13,15-17H2,1H3/t21-/m1/s1. The molecule has 0 aliphatic carbocycles. The minimum atomic E-state index is 0.321. The van der Waals surface area contributed by atoms with Gasteiger partial charge in [0.25, 0.3) is 0 Å². The Labute approximate surface area is 160 Å². The highest BCUT2D eigenvalue weighted by Gasteiger charge is 2.20. The third-order valence-electron chi connectivity index (χ3n) is 5.15. The molecule has 0 saturated carbocycles. The van der Waals surface area contributed by atoms with E-state index in [9.17, 15) is 0 Å². The lowest BCUT2D eigenvalue weighted by molar-refractivity contribution is 0.0676. The number of ether oxygens (including phenoxy) is 2. The monoisotopic (exact) mass is 362 g/mol. The van der Waals surface area contributed by atoms with Crippen LogP contribution in [-0.4, -0.2) is 36.2 Å². The molecule has 0 bridgehead atoms. The van der Waals surface area contributed by atoms with Gasteiger partial charge in [-0.05, 0) is 42.7 Å². The molecule has 4 rings (SSSR count). The number of benzene rings is 2. The van der Waals surface area contributed by atoms with Crippen LogP contribution in [0.25, 0.3) is 10.9 Å². The maximum atomic E-state index is 5.90. The van der Waals surface area contributed by atoms with Gasteiger partial charge in [0.15, 0.2) is 0 Å². The highest BCUT2D eigenvalue weighted by Crippen LogP contribution is 2.23. The third-order valence-corrected chi connectivity index (χ3v) is 5.15. The lowest BCUT2D eigenvalue weighted by atomic mass is 10.1. The normalized spacial score (nSPS) is 16.9. The van der Waals surface area contributed by atoms with Crippen LogP contribution in [0.4, 0.5) is 0 Å². The molecular formula is C23H26N2O2. The predicted octanol–water partition coefficient (Wildman–Crippen LogP) is 4.42. The number of rotatable bonds is 7. The summed E-state index contributed by atoms with van der Waals surface area (Å²) in [6.45, 7) is 3.54. The molecule has 140 valence electrons. The van der Waals surface area contributed by atoms with Crippen molar-refractivity contribution in [2.45, 2.75) is 32.0 Å². The van der Waals surface area contributed by atoms with E-state index >= 15 is 0 Å². The van der Waals surface area contributed by atoms with Crippen molar-refractivity contribution in [2.24, 2.45) is 0 Å². The van der Waals surface area contributed by atoms with E-state index in [-0.39, 0.29) is 0 Å². The lowest BCUT2D eigenvalue weighted by Crippen LogP contribution is -2.31. The number of pyridine rings is 1. The van der Waals surface area contributed by atoms with Gasteiger partial charge in [0.1, 0.15) is 5.75 Å². The quantitative estimate of drug-likeness (QED) is 0.623. The Kier molecular flexibility index (Phi) is 5.66. The lowest BCUT2D eigenvalue weighted by Gasteiger charge is -2.26. The Morgan fingerprint density at radius 3 is 2.89 bits per heavy atom. The van der Waals surface area contributed by atoms with Crippen molar-refractivity contribution in [3.05, 3.63) is 71.9 Å². The van der Waals surface area contributed by atoms with Crippen LogP contribution in [0.5, 0.6) is 5.75 Å². The first-order valence-corrected chi connectivity index (χ1v) is 9.61. The van der Waals surface area contributed by atoms with Gasteiger partial charge in [-0.2, -0.15) is 0 Å². The predicted molar refractivity (Wildman–Crippen MR) is 108 cm³/mol. The van der Waals surface area contributed by atoms with Gasteiger partial charge < -0.3 is 9.47 Å². The summed E-state index contributed by atoms with van der Waals surface area (Å²) in [7, 11) is 1.74. The van der Waals surface area contributed by atoms with E-state index in [0.717, 1.165) is 50.3 Å². The Hall–Kier alpha value is -2.43. The molecular weight excluding hydrogens is 336 g/mol. The van der Waals surface area contributed by atoms with Gasteiger partial charge in [0, 0.05) is 43.4 Å². The zero-order valence-electron chi connectivity index (χ0n) is 15.8. The number of nitrogens with zero attached hydrogens (tertiary/aromatic N) is 2. The zero-order chi connectivity index (χ0) is 18.5. The van der Waals surface area contributed by atoms with Crippen LogP contribution in [0.2, 0.25) is 0 Å². The van der Waals surface area contributed by atoms with Crippen molar-refractivity contribution >= 4 is 10.9 Å². The largest absolute Gasteiger partial charge is 0.496 e. The molecule has 1 saturated heterocycles. The van der Waals surface area contributed by atoms with Crippen LogP contribution < -0.4 is 4.74 Å². The van der Waals surface area contributed by atoms with Crippen molar-refractivity contribution in [3.8, 4) is 5.75 Å². The van der Waals surface area contributed by atoms with Gasteiger partial charge in [-0.1, -0.05) is 30.3 Å². The van der Waals surface area contributed by atoms with Crippen molar-refractivity contribution in [3.63, 3.8) is 0 Å². The van der Waals surface area contributed by atoms with E-state index in [0.29, 0.717) is 6.10 Å². The van der Waals surface area contributed by atoms with Crippen LogP contribution in [0, 0.1) is 0 Å². The van der Waals surface area contributed by atoms with Crippen molar-refractivity contribution in [1.29, 1.82) is 0 Å². The minimum absolute atomic E-state index is 0.321. The van der Waals surface area contributed by atoms with E-state index in [1.165, 1.54) is 16.5 Å². The van der Waals surface area contributed by atoms with Crippen LogP contribution >= 0.6 is 0 Å². The highest BCUT2D eigenvalue weighted by molar-refractivity contribution is 5.78. The second-order valence-electron chi connectivity index (χ2n) is 7.15. The summed E-state index contributed by atoms with van der Waals surface area (Å²) in [5.41, 5.74) is 3.54. The molecule has 1 fully saturated rings. The summed E-state index contributed by atoms with van der Waals surface area (Å²) in [5.74, 6) is 0.942. The Balaban J connectivity index is 1.56. The first-order chi connectivity index (χ1) is 13.3. The van der Waals surface area contributed by atoms with Gasteiger partial charge in [0.2, 0.25) is 0 Å². The number of aromatic nitrogens is 1. The minimum Gasteiger partial charge on any atom is -0.496 e. The van der Waals surface area contributed by atoms with E-state index in [2.05, 4.69) is 46.3 Å². The van der Waals surface area contributed by atoms with Crippen LogP contribution in [0.15, 0.2) is 60.8 Å². The summed E-state index contributed by atoms with van der Waals surface area (Å²) in [5, 5.41) is 1.18. The summed E-state index contributed by atoms with van der Waals surface area (Å²) >= 11 is 0. The smallest absolute Gasteiger partial charge is 0.123 e. The molecule has 2 heterocycles. The molecule has 4 heteroatoms.